The summed E-state index contributed by atoms with van der Waals surface area (Å²) in [6, 6.07) is -0.543. The molecule has 0 rings (SSSR count). The van der Waals surface area contributed by atoms with Crippen molar-refractivity contribution in [2.45, 2.75) is 360 Å². The molecule has 2 unspecified atom stereocenters. The van der Waals surface area contributed by atoms with E-state index in [1.807, 2.05) is 0 Å². The summed E-state index contributed by atoms with van der Waals surface area (Å²) in [4.78, 5) is 24.5. The van der Waals surface area contributed by atoms with Gasteiger partial charge in [-0.3, -0.25) is 9.59 Å². The van der Waals surface area contributed by atoms with Gasteiger partial charge in [-0.2, -0.15) is 0 Å². The number of aliphatic hydroxyl groups excluding tert-OH is 2. The Balaban J connectivity index is 3.41. The van der Waals surface area contributed by atoms with Crippen molar-refractivity contribution in [2.24, 2.45) is 0 Å². The fourth-order valence-electron chi connectivity index (χ4n) is 9.96. The zero-order chi connectivity index (χ0) is 52.2. The molecule has 0 saturated heterocycles. The smallest absolute Gasteiger partial charge is 0.305 e. The number of unbranched alkanes of at least 4 members (excludes halogenated alkanes) is 43. The van der Waals surface area contributed by atoms with Crippen LogP contribution < -0.4 is 5.32 Å². The van der Waals surface area contributed by atoms with E-state index in [0.29, 0.717) is 25.9 Å². The van der Waals surface area contributed by atoms with Crippen molar-refractivity contribution in [1.82, 2.24) is 5.32 Å². The van der Waals surface area contributed by atoms with Crippen molar-refractivity contribution in [3.63, 3.8) is 0 Å². The van der Waals surface area contributed by atoms with Crippen molar-refractivity contribution >= 4 is 11.9 Å². The molecule has 0 aromatic heterocycles. The largest absolute Gasteiger partial charge is 0.466 e. The Kier molecular flexibility index (Phi) is 60.0. The minimum absolute atomic E-state index is 0.00279. The lowest BCUT2D eigenvalue weighted by Crippen LogP contribution is -2.45. The van der Waals surface area contributed by atoms with Gasteiger partial charge >= 0.3 is 5.97 Å². The first kappa shape index (κ1) is 70.1. The van der Waals surface area contributed by atoms with Gasteiger partial charge in [0.1, 0.15) is 0 Å². The molecule has 0 aliphatic rings. The lowest BCUT2D eigenvalue weighted by Gasteiger charge is -2.22. The van der Waals surface area contributed by atoms with Gasteiger partial charge < -0.3 is 20.3 Å². The minimum Gasteiger partial charge on any atom is -0.466 e. The number of ether oxygens (including phenoxy) is 1. The van der Waals surface area contributed by atoms with E-state index in [-0.39, 0.29) is 18.5 Å². The topological polar surface area (TPSA) is 95.9 Å². The molecule has 1 amide bonds. The maximum Gasteiger partial charge on any atom is 0.305 e. The third kappa shape index (κ3) is 57.4. The molecule has 0 radical (unpaired) electrons. The summed E-state index contributed by atoms with van der Waals surface area (Å²) in [5.74, 6) is -0.0346. The molecule has 0 bridgehead atoms. The molecule has 424 valence electrons. The van der Waals surface area contributed by atoms with Crippen LogP contribution in [0.1, 0.15) is 348 Å². The number of carbonyl (C=O) groups excluding carboxylic acids is 2. The molecule has 0 aliphatic heterocycles. The zero-order valence-corrected chi connectivity index (χ0v) is 48.4. The van der Waals surface area contributed by atoms with Crippen molar-refractivity contribution in [3.8, 4) is 0 Å². The first-order valence-electron chi connectivity index (χ1n) is 32.2. The van der Waals surface area contributed by atoms with Gasteiger partial charge in [0.05, 0.1) is 25.4 Å². The molecule has 0 aromatic rings. The van der Waals surface area contributed by atoms with Gasteiger partial charge in [0, 0.05) is 12.8 Å². The molecule has 0 spiro atoms. The van der Waals surface area contributed by atoms with Gasteiger partial charge in [0.15, 0.2) is 0 Å². The molecule has 2 atom stereocenters. The maximum absolute atomic E-state index is 12.5. The van der Waals surface area contributed by atoms with E-state index in [0.717, 1.165) is 51.4 Å². The van der Waals surface area contributed by atoms with Crippen molar-refractivity contribution in [3.05, 3.63) is 36.5 Å². The van der Waals surface area contributed by atoms with Crippen LogP contribution in [0.2, 0.25) is 0 Å². The molecule has 6 heteroatoms. The highest BCUT2D eigenvalue weighted by Crippen LogP contribution is 2.17. The number of allylic oxidation sites excluding steroid dienone is 6. The van der Waals surface area contributed by atoms with Crippen molar-refractivity contribution in [1.29, 1.82) is 0 Å². The van der Waals surface area contributed by atoms with Crippen molar-refractivity contribution in [2.75, 3.05) is 13.2 Å². The summed E-state index contributed by atoms with van der Waals surface area (Å²) in [5, 5.41) is 23.3. The molecule has 0 fully saturated rings. The molecule has 0 saturated carbocycles. The molecule has 3 N–H and O–H groups in total. The number of hydrogen-bond donors (Lipinski definition) is 3. The second-order valence-electron chi connectivity index (χ2n) is 22.1. The van der Waals surface area contributed by atoms with E-state index in [2.05, 4.69) is 55.6 Å². The highest BCUT2D eigenvalue weighted by Gasteiger charge is 2.20. The van der Waals surface area contributed by atoms with Gasteiger partial charge in [0.25, 0.3) is 0 Å². The quantitative estimate of drug-likeness (QED) is 0.0320. The number of aliphatic hydroxyl groups is 2. The summed E-state index contributed by atoms with van der Waals surface area (Å²) >= 11 is 0. The predicted molar refractivity (Wildman–Crippen MR) is 315 cm³/mol. The number of amides is 1. The van der Waals surface area contributed by atoms with Crippen LogP contribution in [0.3, 0.4) is 0 Å². The fourth-order valence-corrected chi connectivity index (χ4v) is 9.96. The first-order valence-corrected chi connectivity index (χ1v) is 32.2. The van der Waals surface area contributed by atoms with Crippen LogP contribution >= 0.6 is 0 Å². The summed E-state index contributed by atoms with van der Waals surface area (Å²) in [5.41, 5.74) is 0. The average molecular weight is 1010 g/mol. The Labute approximate surface area is 449 Å². The number of hydrogen-bond acceptors (Lipinski definition) is 5. The summed E-state index contributed by atoms with van der Waals surface area (Å²) in [7, 11) is 0. The number of rotatable bonds is 60. The third-order valence-corrected chi connectivity index (χ3v) is 14.9. The fraction of sp³-hybridized carbons (Fsp3) is 0.879. The highest BCUT2D eigenvalue weighted by molar-refractivity contribution is 5.76. The molecule has 0 heterocycles. The lowest BCUT2D eigenvalue weighted by atomic mass is 10.0. The normalized spacial score (nSPS) is 12.8. The molecule has 0 aromatic carbocycles. The Morgan fingerprint density at radius 3 is 1.07 bits per heavy atom. The maximum atomic E-state index is 12.5. The van der Waals surface area contributed by atoms with Gasteiger partial charge in [0.2, 0.25) is 5.91 Å². The SMILES string of the molecule is CCCCCCCC/C=C\CCCCCCCC(=O)OCCCCCCCCCCC/C=C\C/C=C\CCCCCCCCCCCCCC(=O)NC(CO)C(O)CCCCCCCCCCCCCCC. The number of nitrogens with one attached hydrogen (secondary N) is 1. The van der Waals surface area contributed by atoms with E-state index in [1.165, 1.54) is 263 Å². The van der Waals surface area contributed by atoms with E-state index in [1.54, 1.807) is 0 Å². The monoisotopic (exact) mass is 1010 g/mol. The van der Waals surface area contributed by atoms with Crippen LogP contribution in [-0.2, 0) is 14.3 Å². The van der Waals surface area contributed by atoms with Gasteiger partial charge in [-0.15, -0.1) is 0 Å². The van der Waals surface area contributed by atoms with Gasteiger partial charge in [-0.25, -0.2) is 0 Å². The summed E-state index contributed by atoms with van der Waals surface area (Å²) in [6.45, 7) is 4.95. The highest BCUT2D eigenvalue weighted by atomic mass is 16.5. The molecular weight excluding hydrogens is 887 g/mol. The van der Waals surface area contributed by atoms with E-state index in [4.69, 9.17) is 4.74 Å². The average Bonchev–Trinajstić information content (AvgIpc) is 3.38. The lowest BCUT2D eigenvalue weighted by molar-refractivity contribution is -0.143. The van der Waals surface area contributed by atoms with Gasteiger partial charge in [-0.05, 0) is 83.5 Å². The Bertz CT molecular complexity index is 1170. The predicted octanol–water partition coefficient (Wildman–Crippen LogP) is 20.4. The van der Waals surface area contributed by atoms with Crippen LogP contribution in [0.5, 0.6) is 0 Å². The van der Waals surface area contributed by atoms with Crippen LogP contribution in [-0.4, -0.2) is 47.4 Å². The van der Waals surface area contributed by atoms with E-state index in [9.17, 15) is 19.8 Å². The Hall–Kier alpha value is -1.92. The van der Waals surface area contributed by atoms with Gasteiger partial charge in [-0.1, -0.05) is 288 Å². The van der Waals surface area contributed by atoms with Crippen LogP contribution in [0.25, 0.3) is 0 Å². The zero-order valence-electron chi connectivity index (χ0n) is 48.4. The van der Waals surface area contributed by atoms with Crippen LogP contribution in [0.4, 0.5) is 0 Å². The van der Waals surface area contributed by atoms with E-state index >= 15 is 0 Å². The van der Waals surface area contributed by atoms with Crippen LogP contribution in [0, 0.1) is 0 Å². The second-order valence-corrected chi connectivity index (χ2v) is 22.1. The minimum atomic E-state index is -0.666. The summed E-state index contributed by atoms with van der Waals surface area (Å²) < 4.78 is 5.48. The van der Waals surface area contributed by atoms with Crippen LogP contribution in [0.15, 0.2) is 36.5 Å². The first-order chi connectivity index (χ1) is 35.5. The molecule has 72 heavy (non-hydrogen) atoms. The van der Waals surface area contributed by atoms with E-state index < -0.39 is 12.1 Å². The van der Waals surface area contributed by atoms with Crippen molar-refractivity contribution < 1.29 is 24.5 Å². The standard InChI is InChI=1S/C66H125NO5/c1-3-5-7-9-11-13-15-17-31-36-40-44-48-52-56-60-66(71)72-61-57-53-49-45-41-37-33-30-28-26-24-22-20-18-19-21-23-25-27-29-32-35-39-43-47-51-55-59-65(70)67-63(62-68)64(69)58-54-50-46-42-38-34-16-14-12-10-8-6-4-2/h17-19,22,24,31,63-64,68-69H,3-16,20-21,23,25-30,32-62H2,1-2H3,(H,67,70)/b19-18-,24-22-,31-17-. The molecule has 6 nitrogen and oxygen atoms in total. The molecular formula is C66H125NO5. The third-order valence-electron chi connectivity index (χ3n) is 14.9. The second kappa shape index (κ2) is 61.6. The Morgan fingerprint density at radius 1 is 0.389 bits per heavy atom. The summed E-state index contributed by atoms with van der Waals surface area (Å²) in [6.07, 6.45) is 77.4. The number of carbonyl (C=O) groups is 2. The number of esters is 1. The Morgan fingerprint density at radius 2 is 0.694 bits per heavy atom. The molecule has 0 aliphatic carbocycles.